The van der Waals surface area contributed by atoms with Gasteiger partial charge in [-0.05, 0) is 72.3 Å². The maximum absolute atomic E-state index is 14.4. The van der Waals surface area contributed by atoms with E-state index < -0.39 is 34.7 Å². The fraction of sp³-hybridized carbons (Fsp3) is 0.615. The molecule has 4 rings (SSSR count). The standard InChI is InChI=1S/C26H34F3N5O3S/c1-14-7-6-10-34(14)23(36)19-20(38-22(32-19)21(35)31-13-24(2,3)37)16-12-30-18(11-17(16)26(27,28)29)33-25(4,5)15-8-9-15/h11-12,14-15,37H,6-10,13H2,1-5H3,(H,30,33)(H,31,35)/t14-/m0/s1. The van der Waals surface area contributed by atoms with Crippen LogP contribution in [0.3, 0.4) is 0 Å². The third-order valence-corrected chi connectivity index (χ3v) is 8.11. The minimum absolute atomic E-state index is 0.0599. The molecule has 8 nitrogen and oxygen atoms in total. The fourth-order valence-electron chi connectivity index (χ4n) is 4.66. The molecule has 2 amide bonds. The summed E-state index contributed by atoms with van der Waals surface area (Å²) in [6, 6.07) is 0.862. The predicted molar refractivity (Wildman–Crippen MR) is 139 cm³/mol. The molecule has 38 heavy (non-hydrogen) atoms. The zero-order valence-electron chi connectivity index (χ0n) is 22.2. The first-order chi connectivity index (χ1) is 17.6. The second-order valence-electron chi connectivity index (χ2n) is 11.4. The average molecular weight is 554 g/mol. The second kappa shape index (κ2) is 10.1. The van der Waals surface area contributed by atoms with Crippen LogP contribution >= 0.6 is 11.3 Å². The Balaban J connectivity index is 1.78. The number of aromatic nitrogens is 2. The van der Waals surface area contributed by atoms with E-state index in [1.165, 1.54) is 13.8 Å². The van der Waals surface area contributed by atoms with Gasteiger partial charge >= 0.3 is 6.18 Å². The first kappa shape index (κ1) is 28.3. The van der Waals surface area contributed by atoms with Crippen LogP contribution in [0.2, 0.25) is 0 Å². The van der Waals surface area contributed by atoms with Crippen molar-refractivity contribution in [2.75, 3.05) is 18.4 Å². The van der Waals surface area contributed by atoms with Crippen molar-refractivity contribution >= 4 is 29.0 Å². The van der Waals surface area contributed by atoms with Gasteiger partial charge in [-0.15, -0.1) is 11.3 Å². The fourth-order valence-corrected chi connectivity index (χ4v) is 5.66. The van der Waals surface area contributed by atoms with E-state index in [1.807, 2.05) is 20.8 Å². The summed E-state index contributed by atoms with van der Waals surface area (Å²) >= 11 is 0.711. The molecule has 12 heteroatoms. The van der Waals surface area contributed by atoms with Gasteiger partial charge in [0.15, 0.2) is 5.01 Å². The van der Waals surface area contributed by atoms with Gasteiger partial charge in [-0.2, -0.15) is 13.2 Å². The number of hydrogen-bond acceptors (Lipinski definition) is 7. The summed E-state index contributed by atoms with van der Waals surface area (Å²) in [7, 11) is 0. The van der Waals surface area contributed by atoms with E-state index in [0.29, 0.717) is 23.8 Å². The summed E-state index contributed by atoms with van der Waals surface area (Å²) in [5.74, 6) is -0.756. The highest BCUT2D eigenvalue weighted by Crippen LogP contribution is 2.44. The molecule has 0 spiro atoms. The van der Waals surface area contributed by atoms with Crippen molar-refractivity contribution in [3.05, 3.63) is 28.5 Å². The minimum Gasteiger partial charge on any atom is -0.389 e. The predicted octanol–water partition coefficient (Wildman–Crippen LogP) is 4.95. The number of carbonyl (C=O) groups excluding carboxylic acids is 2. The van der Waals surface area contributed by atoms with Crippen molar-refractivity contribution in [3.63, 3.8) is 0 Å². The largest absolute Gasteiger partial charge is 0.417 e. The number of nitrogens with one attached hydrogen (secondary N) is 2. The van der Waals surface area contributed by atoms with Crippen molar-refractivity contribution in [2.45, 2.75) is 83.7 Å². The molecule has 2 fully saturated rings. The monoisotopic (exact) mass is 553 g/mol. The molecule has 2 aromatic rings. The van der Waals surface area contributed by atoms with Gasteiger partial charge in [0.05, 0.1) is 16.0 Å². The number of likely N-dealkylation sites (tertiary alicyclic amines) is 1. The van der Waals surface area contributed by atoms with Crippen LogP contribution in [0.4, 0.5) is 19.0 Å². The van der Waals surface area contributed by atoms with Crippen LogP contribution in [-0.2, 0) is 6.18 Å². The number of rotatable bonds is 8. The first-order valence-electron chi connectivity index (χ1n) is 12.7. The van der Waals surface area contributed by atoms with Crippen LogP contribution < -0.4 is 10.6 Å². The van der Waals surface area contributed by atoms with Crippen LogP contribution in [0.5, 0.6) is 0 Å². The lowest BCUT2D eigenvalue weighted by Crippen LogP contribution is -2.38. The highest BCUT2D eigenvalue weighted by atomic mass is 32.1. The highest BCUT2D eigenvalue weighted by molar-refractivity contribution is 7.17. The van der Waals surface area contributed by atoms with Crippen molar-refractivity contribution in [1.29, 1.82) is 0 Å². The number of amides is 2. The van der Waals surface area contributed by atoms with Gasteiger partial charge in [-0.25, -0.2) is 9.97 Å². The molecule has 0 bridgehead atoms. The Labute approximate surface area is 224 Å². The zero-order valence-corrected chi connectivity index (χ0v) is 23.0. The number of anilines is 1. The topological polar surface area (TPSA) is 107 Å². The Hall–Kier alpha value is -2.73. The lowest BCUT2D eigenvalue weighted by atomic mass is 9.98. The number of nitrogens with zero attached hydrogens (tertiary/aromatic N) is 3. The number of aliphatic hydroxyl groups is 1. The van der Waals surface area contributed by atoms with Crippen LogP contribution in [0.1, 0.15) is 86.2 Å². The quantitative estimate of drug-likeness (QED) is 0.427. The van der Waals surface area contributed by atoms with Crippen molar-refractivity contribution in [3.8, 4) is 10.4 Å². The molecule has 2 aromatic heterocycles. The normalized spacial score (nSPS) is 18.6. The Bertz CT molecular complexity index is 1220. The summed E-state index contributed by atoms with van der Waals surface area (Å²) in [5.41, 5.74) is -3.09. The molecular weight excluding hydrogens is 519 g/mol. The molecular formula is C26H34F3N5O3S. The summed E-state index contributed by atoms with van der Waals surface area (Å²) in [6.07, 6.45) is -0.0840. The molecule has 0 aromatic carbocycles. The van der Waals surface area contributed by atoms with Gasteiger partial charge < -0.3 is 20.6 Å². The Morgan fingerprint density at radius 1 is 1.18 bits per heavy atom. The van der Waals surface area contributed by atoms with E-state index in [9.17, 15) is 27.9 Å². The van der Waals surface area contributed by atoms with Crippen molar-refractivity contribution < 1.29 is 27.9 Å². The Morgan fingerprint density at radius 3 is 2.42 bits per heavy atom. The molecule has 0 radical (unpaired) electrons. The van der Waals surface area contributed by atoms with Gasteiger partial charge in [0.25, 0.3) is 11.8 Å². The lowest BCUT2D eigenvalue weighted by Gasteiger charge is -2.27. The van der Waals surface area contributed by atoms with Crippen molar-refractivity contribution in [1.82, 2.24) is 20.2 Å². The highest BCUT2D eigenvalue weighted by Gasteiger charge is 2.41. The third kappa shape index (κ3) is 6.28. The molecule has 1 saturated heterocycles. The SMILES string of the molecule is C[C@H]1CCCN1C(=O)c1nc(C(=O)NCC(C)(C)O)sc1-c1cnc(NC(C)(C)C2CC2)cc1C(F)(F)F. The number of alkyl halides is 3. The molecule has 1 aliphatic carbocycles. The number of halogens is 3. The summed E-state index contributed by atoms with van der Waals surface area (Å²) in [5, 5.41) is 15.4. The number of thiazole rings is 1. The van der Waals surface area contributed by atoms with Crippen LogP contribution in [0.25, 0.3) is 10.4 Å². The van der Waals surface area contributed by atoms with E-state index in [0.717, 1.165) is 37.9 Å². The zero-order chi connectivity index (χ0) is 28.0. The average Bonchev–Trinajstić information content (AvgIpc) is 3.46. The van der Waals surface area contributed by atoms with Gasteiger partial charge in [0.1, 0.15) is 11.5 Å². The molecule has 3 N–H and O–H groups in total. The van der Waals surface area contributed by atoms with E-state index in [1.54, 1.807) is 4.90 Å². The summed E-state index contributed by atoms with van der Waals surface area (Å²) in [4.78, 5) is 36.3. The summed E-state index contributed by atoms with van der Waals surface area (Å²) in [6.45, 7) is 9.11. The van der Waals surface area contributed by atoms with Crippen LogP contribution in [0.15, 0.2) is 12.3 Å². The summed E-state index contributed by atoms with van der Waals surface area (Å²) < 4.78 is 43.1. The maximum atomic E-state index is 14.4. The Kier molecular flexibility index (Phi) is 7.52. The van der Waals surface area contributed by atoms with Gasteiger partial charge in [-0.1, -0.05) is 0 Å². The molecule has 1 aliphatic heterocycles. The number of carbonyl (C=O) groups is 2. The van der Waals surface area contributed by atoms with Crippen LogP contribution in [0, 0.1) is 5.92 Å². The van der Waals surface area contributed by atoms with Gasteiger partial charge in [0.2, 0.25) is 0 Å². The van der Waals surface area contributed by atoms with Gasteiger partial charge in [-0.3, -0.25) is 9.59 Å². The molecule has 1 atom stereocenters. The van der Waals surface area contributed by atoms with E-state index in [-0.39, 0.29) is 39.5 Å². The van der Waals surface area contributed by atoms with E-state index in [4.69, 9.17) is 0 Å². The molecule has 1 saturated carbocycles. The Morgan fingerprint density at radius 2 is 1.87 bits per heavy atom. The maximum Gasteiger partial charge on any atom is 0.417 e. The van der Waals surface area contributed by atoms with Crippen molar-refractivity contribution in [2.24, 2.45) is 5.92 Å². The number of pyridine rings is 1. The third-order valence-electron chi connectivity index (χ3n) is 7.02. The first-order valence-corrected chi connectivity index (χ1v) is 13.6. The lowest BCUT2D eigenvalue weighted by molar-refractivity contribution is -0.137. The van der Waals surface area contributed by atoms with Crippen LogP contribution in [-0.4, -0.2) is 62.1 Å². The minimum atomic E-state index is -4.74. The molecule has 208 valence electrons. The van der Waals surface area contributed by atoms with E-state index in [2.05, 4.69) is 20.6 Å². The molecule has 2 aliphatic rings. The second-order valence-corrected chi connectivity index (χ2v) is 12.4. The number of hydrogen-bond donors (Lipinski definition) is 3. The molecule has 0 unspecified atom stereocenters. The smallest absolute Gasteiger partial charge is 0.389 e. The molecule has 3 heterocycles. The van der Waals surface area contributed by atoms with Gasteiger partial charge in [0, 0.05) is 36.4 Å². The van der Waals surface area contributed by atoms with E-state index >= 15 is 0 Å².